The van der Waals surface area contributed by atoms with Gasteiger partial charge in [-0.3, -0.25) is 0 Å². The molecule has 0 aliphatic carbocycles. The standard InChI is InChI=1S/C18H18N2/c1-13-9-10-18(17(19)11-13)20-12-15-7-4-6-14-5-2-3-8-16(14)15/h2-11,20H,12,19H2,1H3. The molecule has 0 atom stereocenters. The highest BCUT2D eigenvalue weighted by molar-refractivity contribution is 5.86. The number of nitrogens with one attached hydrogen (secondary N) is 1. The third kappa shape index (κ3) is 2.45. The number of nitrogens with two attached hydrogens (primary N) is 1. The van der Waals surface area contributed by atoms with Gasteiger partial charge < -0.3 is 11.1 Å². The third-order valence-electron chi connectivity index (χ3n) is 3.56. The van der Waals surface area contributed by atoms with Crippen molar-refractivity contribution in [1.29, 1.82) is 0 Å². The van der Waals surface area contributed by atoms with Crippen molar-refractivity contribution in [2.45, 2.75) is 13.5 Å². The summed E-state index contributed by atoms with van der Waals surface area (Å²) in [5.74, 6) is 0. The van der Waals surface area contributed by atoms with Gasteiger partial charge in [-0.25, -0.2) is 0 Å². The van der Waals surface area contributed by atoms with Crippen LogP contribution in [0.1, 0.15) is 11.1 Å². The summed E-state index contributed by atoms with van der Waals surface area (Å²) in [6, 6.07) is 20.9. The summed E-state index contributed by atoms with van der Waals surface area (Å²) in [6.45, 7) is 2.82. The average molecular weight is 262 g/mol. The molecule has 3 aromatic rings. The van der Waals surface area contributed by atoms with Crippen molar-refractivity contribution in [1.82, 2.24) is 0 Å². The molecule has 3 N–H and O–H groups in total. The molecule has 0 saturated carbocycles. The summed E-state index contributed by atoms with van der Waals surface area (Å²) >= 11 is 0. The molecule has 0 heterocycles. The summed E-state index contributed by atoms with van der Waals surface area (Å²) in [4.78, 5) is 0. The average Bonchev–Trinajstić information content (AvgIpc) is 2.46. The van der Waals surface area contributed by atoms with Crippen LogP contribution in [0.2, 0.25) is 0 Å². The molecule has 0 saturated heterocycles. The van der Waals surface area contributed by atoms with Crippen LogP contribution >= 0.6 is 0 Å². The van der Waals surface area contributed by atoms with Crippen molar-refractivity contribution >= 4 is 22.1 Å². The van der Waals surface area contributed by atoms with Crippen molar-refractivity contribution in [2.75, 3.05) is 11.1 Å². The molecule has 3 aromatic carbocycles. The van der Waals surface area contributed by atoms with Gasteiger partial charge in [-0.15, -0.1) is 0 Å². The first-order chi connectivity index (χ1) is 9.74. The van der Waals surface area contributed by atoms with Crippen molar-refractivity contribution in [2.24, 2.45) is 0 Å². The molecule has 0 spiro atoms. The number of hydrogen-bond acceptors (Lipinski definition) is 2. The Morgan fingerprint density at radius 1 is 0.950 bits per heavy atom. The molecule has 20 heavy (non-hydrogen) atoms. The van der Waals surface area contributed by atoms with Crippen LogP contribution in [0.5, 0.6) is 0 Å². The second kappa shape index (κ2) is 5.25. The minimum absolute atomic E-state index is 0.772. The van der Waals surface area contributed by atoms with Crippen molar-refractivity contribution in [3.63, 3.8) is 0 Å². The summed E-state index contributed by atoms with van der Waals surface area (Å²) in [5, 5.41) is 5.98. The van der Waals surface area contributed by atoms with Crippen molar-refractivity contribution in [3.8, 4) is 0 Å². The third-order valence-corrected chi connectivity index (χ3v) is 3.56. The zero-order valence-corrected chi connectivity index (χ0v) is 11.6. The SMILES string of the molecule is Cc1ccc(NCc2cccc3ccccc23)c(N)c1. The van der Waals surface area contributed by atoms with Crippen LogP contribution in [0.3, 0.4) is 0 Å². The van der Waals surface area contributed by atoms with E-state index in [0.29, 0.717) is 0 Å². The molecule has 100 valence electrons. The molecule has 0 amide bonds. The van der Waals surface area contributed by atoms with Gasteiger partial charge in [-0.2, -0.15) is 0 Å². The van der Waals surface area contributed by atoms with E-state index in [9.17, 15) is 0 Å². The van der Waals surface area contributed by atoms with Crippen molar-refractivity contribution < 1.29 is 0 Å². The summed E-state index contributed by atoms with van der Waals surface area (Å²) in [5.41, 5.74) is 10.3. The van der Waals surface area contributed by atoms with Gasteiger partial charge in [0.2, 0.25) is 0 Å². The molecule has 0 unspecified atom stereocenters. The molecule has 0 aliphatic rings. The molecule has 0 fully saturated rings. The molecule has 0 aliphatic heterocycles. The van der Waals surface area contributed by atoms with Gasteiger partial charge in [0.15, 0.2) is 0 Å². The Labute approximate surface area is 119 Å². The van der Waals surface area contributed by atoms with Gasteiger partial charge in [-0.05, 0) is 41.0 Å². The van der Waals surface area contributed by atoms with E-state index in [1.54, 1.807) is 0 Å². The second-order valence-corrected chi connectivity index (χ2v) is 5.08. The van der Waals surface area contributed by atoms with Crippen molar-refractivity contribution in [3.05, 3.63) is 71.8 Å². The van der Waals surface area contributed by atoms with Crippen LogP contribution in [0.15, 0.2) is 60.7 Å². The molecule has 0 radical (unpaired) electrons. The Balaban J connectivity index is 1.87. The van der Waals surface area contributed by atoms with E-state index in [4.69, 9.17) is 5.73 Å². The van der Waals surface area contributed by atoms with Gasteiger partial charge in [0.25, 0.3) is 0 Å². The second-order valence-electron chi connectivity index (χ2n) is 5.08. The fourth-order valence-corrected chi connectivity index (χ4v) is 2.48. The monoisotopic (exact) mass is 262 g/mol. The van der Waals surface area contributed by atoms with Gasteiger partial charge in [-0.1, -0.05) is 48.5 Å². The lowest BCUT2D eigenvalue weighted by Crippen LogP contribution is -2.03. The van der Waals surface area contributed by atoms with Gasteiger partial charge in [0, 0.05) is 6.54 Å². The minimum atomic E-state index is 0.772. The highest BCUT2D eigenvalue weighted by Gasteiger charge is 2.02. The highest BCUT2D eigenvalue weighted by Crippen LogP contribution is 2.23. The van der Waals surface area contributed by atoms with Gasteiger partial charge in [0.05, 0.1) is 11.4 Å². The summed E-state index contributed by atoms with van der Waals surface area (Å²) < 4.78 is 0. The number of aryl methyl sites for hydroxylation is 1. The summed E-state index contributed by atoms with van der Waals surface area (Å²) in [7, 11) is 0. The number of benzene rings is 3. The maximum Gasteiger partial charge on any atom is 0.0576 e. The van der Waals surface area contributed by atoms with Crippen LogP contribution in [0.25, 0.3) is 10.8 Å². The lowest BCUT2D eigenvalue weighted by molar-refractivity contribution is 1.17. The van der Waals surface area contributed by atoms with E-state index in [-0.39, 0.29) is 0 Å². The van der Waals surface area contributed by atoms with Crippen LogP contribution in [0.4, 0.5) is 11.4 Å². The predicted molar refractivity (Wildman–Crippen MR) is 86.9 cm³/mol. The van der Waals surface area contributed by atoms with E-state index in [1.165, 1.54) is 21.9 Å². The zero-order chi connectivity index (χ0) is 13.9. The maximum atomic E-state index is 6.04. The maximum absolute atomic E-state index is 6.04. The number of nitrogen functional groups attached to an aromatic ring is 1. The van der Waals surface area contributed by atoms with Gasteiger partial charge in [0.1, 0.15) is 0 Å². The van der Waals surface area contributed by atoms with E-state index in [0.717, 1.165) is 17.9 Å². The first-order valence-electron chi connectivity index (χ1n) is 6.81. The number of rotatable bonds is 3. The fraction of sp³-hybridized carbons (Fsp3) is 0.111. The van der Waals surface area contributed by atoms with Crippen LogP contribution in [-0.2, 0) is 6.54 Å². The first kappa shape index (κ1) is 12.5. The van der Waals surface area contributed by atoms with Crippen LogP contribution in [-0.4, -0.2) is 0 Å². The minimum Gasteiger partial charge on any atom is -0.397 e. The molecule has 2 heteroatoms. The zero-order valence-electron chi connectivity index (χ0n) is 11.6. The normalized spacial score (nSPS) is 10.7. The smallest absolute Gasteiger partial charge is 0.0576 e. The fourth-order valence-electron chi connectivity index (χ4n) is 2.48. The van der Waals surface area contributed by atoms with E-state index >= 15 is 0 Å². The van der Waals surface area contributed by atoms with Gasteiger partial charge >= 0.3 is 0 Å². The molecule has 3 rings (SSSR count). The topological polar surface area (TPSA) is 38.0 Å². The number of hydrogen-bond donors (Lipinski definition) is 2. The molecular weight excluding hydrogens is 244 g/mol. The Kier molecular flexibility index (Phi) is 3.30. The lowest BCUT2D eigenvalue weighted by Gasteiger charge is -2.12. The largest absolute Gasteiger partial charge is 0.397 e. The Hall–Kier alpha value is -2.48. The summed E-state index contributed by atoms with van der Waals surface area (Å²) in [6.07, 6.45) is 0. The Bertz CT molecular complexity index is 742. The number of fused-ring (bicyclic) bond motifs is 1. The number of anilines is 2. The highest BCUT2D eigenvalue weighted by atomic mass is 14.9. The first-order valence-corrected chi connectivity index (χ1v) is 6.81. The van der Waals surface area contributed by atoms with Crippen LogP contribution < -0.4 is 11.1 Å². The predicted octanol–water partition coefficient (Wildman–Crippen LogP) is 4.34. The molecule has 0 aromatic heterocycles. The van der Waals surface area contributed by atoms with E-state index in [1.807, 2.05) is 19.1 Å². The molecular formula is C18H18N2. The van der Waals surface area contributed by atoms with Crippen LogP contribution in [0, 0.1) is 6.92 Å². The Morgan fingerprint density at radius 3 is 2.60 bits per heavy atom. The van der Waals surface area contributed by atoms with E-state index < -0.39 is 0 Å². The molecule has 0 bridgehead atoms. The quantitative estimate of drug-likeness (QED) is 0.689. The Morgan fingerprint density at radius 2 is 1.75 bits per heavy atom. The lowest BCUT2D eigenvalue weighted by atomic mass is 10.0. The molecule has 2 nitrogen and oxygen atoms in total. The van der Waals surface area contributed by atoms with E-state index in [2.05, 4.69) is 53.8 Å².